The Balaban J connectivity index is 1.96. The van der Waals surface area contributed by atoms with Gasteiger partial charge in [-0.05, 0) is 12.1 Å². The van der Waals surface area contributed by atoms with Crippen molar-refractivity contribution in [3.05, 3.63) is 36.1 Å². The molecule has 4 heteroatoms. The number of rotatable bonds is 5. The van der Waals surface area contributed by atoms with Gasteiger partial charge in [0, 0.05) is 11.8 Å². The predicted molar refractivity (Wildman–Crippen MR) is 66.2 cm³/mol. The van der Waals surface area contributed by atoms with Gasteiger partial charge >= 0.3 is 5.97 Å². The molecule has 0 radical (unpaired) electrons. The predicted octanol–water partition coefficient (Wildman–Crippen LogP) is 2.50. The summed E-state index contributed by atoms with van der Waals surface area (Å²) in [5, 5.41) is 0.980. The minimum absolute atomic E-state index is 0.0283. The molecule has 0 spiro atoms. The maximum absolute atomic E-state index is 11.6. The Kier molecular flexibility index (Phi) is 3.77. The number of furan rings is 1. The number of carbonyl (C=O) groups excluding carboxylic acids is 2. The average Bonchev–Trinajstić information content (AvgIpc) is 2.77. The van der Waals surface area contributed by atoms with Crippen LogP contribution in [0, 0.1) is 0 Å². The van der Waals surface area contributed by atoms with Crippen LogP contribution in [0.15, 0.2) is 34.7 Å². The molecule has 0 unspecified atom stereocenters. The van der Waals surface area contributed by atoms with Crippen molar-refractivity contribution in [2.45, 2.75) is 19.3 Å². The minimum Gasteiger partial charge on any atom is -0.469 e. The Hall–Kier alpha value is -2.10. The highest BCUT2D eigenvalue weighted by atomic mass is 16.5. The number of hydrogen-bond donors (Lipinski definition) is 0. The van der Waals surface area contributed by atoms with Gasteiger partial charge in [-0.1, -0.05) is 18.2 Å². The molecule has 1 aromatic carbocycles. The number of fused-ring (bicyclic) bond motifs is 1. The normalized spacial score (nSPS) is 10.5. The zero-order valence-electron chi connectivity index (χ0n) is 10.1. The molecule has 0 N–H and O–H groups in total. The molecule has 0 aliphatic carbocycles. The summed E-state index contributed by atoms with van der Waals surface area (Å²) in [6.07, 6.45) is 0.519. The van der Waals surface area contributed by atoms with Gasteiger partial charge in [0.25, 0.3) is 0 Å². The first-order valence-electron chi connectivity index (χ1n) is 5.75. The first-order chi connectivity index (χ1) is 8.69. The molecule has 0 bridgehead atoms. The summed E-state index contributed by atoms with van der Waals surface area (Å²) < 4.78 is 10.0. The molecule has 0 fully saturated rings. The summed E-state index contributed by atoms with van der Waals surface area (Å²) in [6, 6.07) is 9.44. The van der Waals surface area contributed by atoms with Crippen molar-refractivity contribution in [1.29, 1.82) is 0 Å². The van der Waals surface area contributed by atoms with E-state index in [1.165, 1.54) is 7.11 Å². The Morgan fingerprint density at radius 3 is 2.72 bits per heavy atom. The molecule has 4 nitrogen and oxygen atoms in total. The smallest absolute Gasteiger partial charge is 0.305 e. The van der Waals surface area contributed by atoms with E-state index in [0.717, 1.165) is 11.0 Å². The number of methoxy groups -OCH3 is 1. The molecular weight excluding hydrogens is 232 g/mol. The standard InChI is InChI=1S/C14H14O4/c1-17-14(16)7-6-11(15)9-12-8-10-4-2-3-5-13(10)18-12/h2-5,8H,6-7,9H2,1H3. The fourth-order valence-corrected chi connectivity index (χ4v) is 1.75. The fraction of sp³-hybridized carbons (Fsp3) is 0.286. The number of carbonyl (C=O) groups is 2. The highest BCUT2D eigenvalue weighted by Gasteiger charge is 2.11. The average molecular weight is 246 g/mol. The van der Waals surface area contributed by atoms with Gasteiger partial charge in [-0.25, -0.2) is 0 Å². The molecule has 18 heavy (non-hydrogen) atoms. The molecule has 0 saturated carbocycles. The molecule has 0 aliphatic heterocycles. The molecule has 0 saturated heterocycles. The van der Waals surface area contributed by atoms with Crippen LogP contribution in [0.3, 0.4) is 0 Å². The fourth-order valence-electron chi connectivity index (χ4n) is 1.75. The molecular formula is C14H14O4. The van der Waals surface area contributed by atoms with Gasteiger partial charge in [0.15, 0.2) is 0 Å². The van der Waals surface area contributed by atoms with Crippen LogP contribution < -0.4 is 0 Å². The van der Waals surface area contributed by atoms with E-state index in [1.807, 2.05) is 30.3 Å². The highest BCUT2D eigenvalue weighted by Crippen LogP contribution is 2.19. The van der Waals surface area contributed by atoms with E-state index in [-0.39, 0.29) is 31.0 Å². The lowest BCUT2D eigenvalue weighted by molar-refractivity contribution is -0.141. The van der Waals surface area contributed by atoms with Gasteiger partial charge in [0.1, 0.15) is 17.1 Å². The summed E-state index contributed by atoms with van der Waals surface area (Å²) in [7, 11) is 1.31. The van der Waals surface area contributed by atoms with Crippen LogP contribution in [0.2, 0.25) is 0 Å². The number of para-hydroxylation sites is 1. The van der Waals surface area contributed by atoms with Crippen LogP contribution >= 0.6 is 0 Å². The summed E-state index contributed by atoms with van der Waals surface area (Å²) in [5.41, 5.74) is 0.772. The highest BCUT2D eigenvalue weighted by molar-refractivity contribution is 5.85. The molecule has 0 atom stereocenters. The van der Waals surface area contributed by atoms with Gasteiger partial charge in [-0.3, -0.25) is 9.59 Å². The third-order valence-corrected chi connectivity index (χ3v) is 2.68. The second-order valence-corrected chi connectivity index (χ2v) is 4.04. The van der Waals surface area contributed by atoms with Crippen LogP contribution in [-0.4, -0.2) is 18.9 Å². The van der Waals surface area contributed by atoms with E-state index in [9.17, 15) is 9.59 Å². The van der Waals surface area contributed by atoms with Crippen molar-refractivity contribution in [1.82, 2.24) is 0 Å². The Morgan fingerprint density at radius 1 is 1.22 bits per heavy atom. The van der Waals surface area contributed by atoms with Crippen molar-refractivity contribution in [2.75, 3.05) is 7.11 Å². The van der Waals surface area contributed by atoms with Crippen molar-refractivity contribution in [3.63, 3.8) is 0 Å². The first-order valence-corrected chi connectivity index (χ1v) is 5.75. The summed E-state index contributed by atoms with van der Waals surface area (Å²) >= 11 is 0. The summed E-state index contributed by atoms with van der Waals surface area (Å²) in [4.78, 5) is 22.6. The van der Waals surface area contributed by atoms with Crippen molar-refractivity contribution >= 4 is 22.7 Å². The minimum atomic E-state index is -0.368. The number of ketones is 1. The Morgan fingerprint density at radius 2 is 2.00 bits per heavy atom. The second-order valence-electron chi connectivity index (χ2n) is 4.04. The Bertz CT molecular complexity index is 535. The van der Waals surface area contributed by atoms with E-state index in [2.05, 4.69) is 4.74 Å². The molecule has 0 amide bonds. The zero-order chi connectivity index (χ0) is 13.0. The number of Topliss-reactive ketones (excluding diaryl/α,β-unsaturated/α-hetero) is 1. The van der Waals surface area contributed by atoms with Crippen molar-refractivity contribution in [3.8, 4) is 0 Å². The van der Waals surface area contributed by atoms with Crippen LogP contribution in [0.5, 0.6) is 0 Å². The van der Waals surface area contributed by atoms with Crippen molar-refractivity contribution < 1.29 is 18.7 Å². The van der Waals surface area contributed by atoms with Crippen LogP contribution in [-0.2, 0) is 20.7 Å². The van der Waals surface area contributed by atoms with Gasteiger partial charge < -0.3 is 9.15 Å². The van der Waals surface area contributed by atoms with Gasteiger partial charge in [0.05, 0.1) is 20.0 Å². The monoisotopic (exact) mass is 246 g/mol. The van der Waals surface area contributed by atoms with E-state index < -0.39 is 0 Å². The SMILES string of the molecule is COC(=O)CCC(=O)Cc1cc2ccccc2o1. The largest absolute Gasteiger partial charge is 0.469 e. The lowest BCUT2D eigenvalue weighted by Crippen LogP contribution is -2.07. The third kappa shape index (κ3) is 2.97. The van der Waals surface area contributed by atoms with E-state index in [1.54, 1.807) is 0 Å². The van der Waals surface area contributed by atoms with E-state index in [4.69, 9.17) is 4.42 Å². The van der Waals surface area contributed by atoms with Crippen LogP contribution in [0.1, 0.15) is 18.6 Å². The lowest BCUT2D eigenvalue weighted by atomic mass is 10.1. The molecule has 2 rings (SSSR count). The van der Waals surface area contributed by atoms with Gasteiger partial charge in [-0.15, -0.1) is 0 Å². The maximum atomic E-state index is 11.6. The maximum Gasteiger partial charge on any atom is 0.305 e. The van der Waals surface area contributed by atoms with E-state index >= 15 is 0 Å². The summed E-state index contributed by atoms with van der Waals surface area (Å²) in [6.45, 7) is 0. The number of esters is 1. The quantitative estimate of drug-likeness (QED) is 0.760. The molecule has 1 heterocycles. The molecule has 1 aromatic heterocycles. The third-order valence-electron chi connectivity index (χ3n) is 2.68. The topological polar surface area (TPSA) is 56.5 Å². The van der Waals surface area contributed by atoms with Crippen LogP contribution in [0.25, 0.3) is 11.0 Å². The number of ether oxygens (including phenoxy) is 1. The van der Waals surface area contributed by atoms with Gasteiger partial charge in [0.2, 0.25) is 0 Å². The van der Waals surface area contributed by atoms with Crippen LogP contribution in [0.4, 0.5) is 0 Å². The number of hydrogen-bond acceptors (Lipinski definition) is 4. The van der Waals surface area contributed by atoms with Gasteiger partial charge in [-0.2, -0.15) is 0 Å². The van der Waals surface area contributed by atoms with Crippen molar-refractivity contribution in [2.24, 2.45) is 0 Å². The molecule has 0 aliphatic rings. The molecule has 94 valence electrons. The number of benzene rings is 1. The van der Waals surface area contributed by atoms with E-state index in [0.29, 0.717) is 5.76 Å². The second kappa shape index (κ2) is 5.49. The zero-order valence-corrected chi connectivity index (χ0v) is 10.1. The lowest BCUT2D eigenvalue weighted by Gasteiger charge is -1.98. The Labute approximate surface area is 105 Å². The molecule has 2 aromatic rings. The summed E-state index contributed by atoms with van der Waals surface area (Å²) in [5.74, 6) is 0.235. The first kappa shape index (κ1) is 12.4.